The molecule has 3 heteroatoms. The minimum atomic E-state index is -0.486. The highest BCUT2D eigenvalue weighted by molar-refractivity contribution is 6.35. The predicted octanol–water partition coefficient (Wildman–Crippen LogP) is 4.61. The average Bonchev–Trinajstić information content (AvgIpc) is 2.66. The van der Waals surface area contributed by atoms with Crippen molar-refractivity contribution < 1.29 is 5.11 Å². The van der Waals surface area contributed by atoms with Gasteiger partial charge >= 0.3 is 0 Å². The molecule has 1 N–H and O–H groups in total. The Morgan fingerprint density at radius 2 is 1.88 bits per heavy atom. The summed E-state index contributed by atoms with van der Waals surface area (Å²) < 4.78 is 0. The Labute approximate surface area is 106 Å². The number of hydrogen-bond donors (Lipinski definition) is 1. The molecule has 1 atom stereocenters. The molecule has 1 aromatic carbocycles. The zero-order valence-corrected chi connectivity index (χ0v) is 10.9. The normalized spacial score (nSPS) is 21.0. The van der Waals surface area contributed by atoms with Gasteiger partial charge in [-0.3, -0.25) is 0 Å². The molecule has 0 spiro atoms. The molecule has 1 unspecified atom stereocenters. The maximum Gasteiger partial charge on any atom is 0.0857 e. The fourth-order valence-corrected chi connectivity index (χ4v) is 3.07. The second kappa shape index (κ2) is 4.56. The van der Waals surface area contributed by atoms with Gasteiger partial charge in [-0.15, -0.1) is 0 Å². The van der Waals surface area contributed by atoms with Gasteiger partial charge in [0.1, 0.15) is 0 Å². The molecule has 1 nitrogen and oxygen atoms in total. The highest BCUT2D eigenvalue weighted by Gasteiger charge is 2.37. The van der Waals surface area contributed by atoms with Crippen molar-refractivity contribution >= 4 is 23.2 Å². The molecule has 0 radical (unpaired) electrons. The first-order valence-electron chi connectivity index (χ1n) is 5.66. The first-order valence-corrected chi connectivity index (χ1v) is 6.41. The fourth-order valence-electron chi connectivity index (χ4n) is 2.55. The van der Waals surface area contributed by atoms with Gasteiger partial charge in [0.05, 0.1) is 6.10 Å². The fraction of sp³-hybridized carbons (Fsp3) is 0.538. The van der Waals surface area contributed by atoms with Crippen LogP contribution in [0.4, 0.5) is 0 Å². The molecule has 1 aliphatic rings. The van der Waals surface area contributed by atoms with Crippen LogP contribution in [0, 0.1) is 5.41 Å². The summed E-state index contributed by atoms with van der Waals surface area (Å²) in [5, 5.41) is 11.6. The molecule has 0 heterocycles. The van der Waals surface area contributed by atoms with Crippen molar-refractivity contribution in [2.45, 2.75) is 38.7 Å². The van der Waals surface area contributed by atoms with Gasteiger partial charge in [-0.2, -0.15) is 0 Å². The van der Waals surface area contributed by atoms with Gasteiger partial charge in [0.25, 0.3) is 0 Å². The van der Waals surface area contributed by atoms with E-state index in [1.54, 1.807) is 12.1 Å². The standard InChI is InChI=1S/C13H16Cl2O/c1-13(6-2-3-7-13)12(16)10-5-4-9(14)8-11(10)15/h4-5,8,12,16H,2-3,6-7H2,1H3. The van der Waals surface area contributed by atoms with E-state index in [1.807, 2.05) is 6.07 Å². The maximum absolute atomic E-state index is 10.4. The first-order chi connectivity index (χ1) is 7.53. The maximum atomic E-state index is 10.4. The SMILES string of the molecule is CC1(C(O)c2ccc(Cl)cc2Cl)CCCC1. The van der Waals surface area contributed by atoms with Crippen molar-refractivity contribution in [2.24, 2.45) is 5.41 Å². The van der Waals surface area contributed by atoms with E-state index in [9.17, 15) is 5.11 Å². The Morgan fingerprint density at radius 3 is 2.44 bits per heavy atom. The lowest BCUT2D eigenvalue weighted by Gasteiger charge is -2.30. The summed E-state index contributed by atoms with van der Waals surface area (Å²) in [7, 11) is 0. The zero-order chi connectivity index (χ0) is 11.8. The highest BCUT2D eigenvalue weighted by atomic mass is 35.5. The molecule has 1 aromatic rings. The lowest BCUT2D eigenvalue weighted by molar-refractivity contribution is 0.0409. The van der Waals surface area contributed by atoms with Crippen LogP contribution in [0.3, 0.4) is 0 Å². The predicted molar refractivity (Wildman–Crippen MR) is 68.0 cm³/mol. The number of aliphatic hydroxyl groups excluding tert-OH is 1. The number of rotatable bonds is 2. The van der Waals surface area contributed by atoms with E-state index < -0.39 is 6.10 Å². The molecule has 88 valence electrons. The molecule has 1 fully saturated rings. The molecular formula is C13H16Cl2O. The average molecular weight is 259 g/mol. The Balaban J connectivity index is 2.29. The summed E-state index contributed by atoms with van der Waals surface area (Å²) in [4.78, 5) is 0. The van der Waals surface area contributed by atoms with Crippen LogP contribution < -0.4 is 0 Å². The number of halogens is 2. The van der Waals surface area contributed by atoms with Crippen molar-refractivity contribution in [1.29, 1.82) is 0 Å². The largest absolute Gasteiger partial charge is 0.388 e. The van der Waals surface area contributed by atoms with Gasteiger partial charge in [-0.05, 0) is 36.0 Å². The van der Waals surface area contributed by atoms with E-state index >= 15 is 0 Å². The summed E-state index contributed by atoms with van der Waals surface area (Å²) >= 11 is 12.0. The summed E-state index contributed by atoms with van der Waals surface area (Å²) in [6, 6.07) is 5.31. The quantitative estimate of drug-likeness (QED) is 0.822. The third kappa shape index (κ3) is 2.22. The van der Waals surface area contributed by atoms with Crippen LogP contribution in [0.25, 0.3) is 0 Å². The lowest BCUT2D eigenvalue weighted by atomic mass is 9.79. The van der Waals surface area contributed by atoms with E-state index in [4.69, 9.17) is 23.2 Å². The molecule has 16 heavy (non-hydrogen) atoms. The van der Waals surface area contributed by atoms with Gasteiger partial charge < -0.3 is 5.11 Å². The van der Waals surface area contributed by atoms with Crippen molar-refractivity contribution in [1.82, 2.24) is 0 Å². The molecule has 0 saturated heterocycles. The van der Waals surface area contributed by atoms with Crippen molar-refractivity contribution in [3.05, 3.63) is 33.8 Å². The topological polar surface area (TPSA) is 20.2 Å². The highest BCUT2D eigenvalue weighted by Crippen LogP contribution is 2.48. The third-order valence-electron chi connectivity index (χ3n) is 3.66. The van der Waals surface area contributed by atoms with Gasteiger partial charge in [-0.25, -0.2) is 0 Å². The Morgan fingerprint density at radius 1 is 1.25 bits per heavy atom. The third-order valence-corrected chi connectivity index (χ3v) is 4.23. The Hall–Kier alpha value is -0.240. The van der Waals surface area contributed by atoms with Crippen molar-refractivity contribution in [3.63, 3.8) is 0 Å². The van der Waals surface area contributed by atoms with Gasteiger partial charge in [0, 0.05) is 10.0 Å². The molecular weight excluding hydrogens is 243 g/mol. The molecule has 0 aliphatic heterocycles. The van der Waals surface area contributed by atoms with Crippen molar-refractivity contribution in [3.8, 4) is 0 Å². The van der Waals surface area contributed by atoms with E-state index in [1.165, 1.54) is 12.8 Å². The minimum absolute atomic E-state index is 0.0303. The van der Waals surface area contributed by atoms with Crippen LogP contribution in [-0.4, -0.2) is 5.11 Å². The lowest BCUT2D eigenvalue weighted by Crippen LogP contribution is -2.22. The summed E-state index contributed by atoms with van der Waals surface area (Å²) in [6.07, 6.45) is 4.03. The smallest absolute Gasteiger partial charge is 0.0857 e. The second-order valence-electron chi connectivity index (χ2n) is 4.93. The first kappa shape index (κ1) is 12.2. The molecule has 2 rings (SSSR count). The summed E-state index contributed by atoms with van der Waals surface area (Å²) in [5.74, 6) is 0. The van der Waals surface area contributed by atoms with E-state index in [2.05, 4.69) is 6.92 Å². The van der Waals surface area contributed by atoms with Crippen LogP contribution in [0.2, 0.25) is 10.0 Å². The van der Waals surface area contributed by atoms with Crippen LogP contribution in [0.1, 0.15) is 44.3 Å². The van der Waals surface area contributed by atoms with Crippen LogP contribution in [0.15, 0.2) is 18.2 Å². The van der Waals surface area contributed by atoms with Crippen LogP contribution >= 0.6 is 23.2 Å². The van der Waals surface area contributed by atoms with Gasteiger partial charge in [0.15, 0.2) is 0 Å². The number of hydrogen-bond acceptors (Lipinski definition) is 1. The van der Waals surface area contributed by atoms with E-state index in [0.29, 0.717) is 10.0 Å². The molecule has 1 aliphatic carbocycles. The van der Waals surface area contributed by atoms with E-state index in [-0.39, 0.29) is 5.41 Å². The zero-order valence-electron chi connectivity index (χ0n) is 9.34. The monoisotopic (exact) mass is 258 g/mol. The number of aliphatic hydroxyl groups is 1. The van der Waals surface area contributed by atoms with Crippen molar-refractivity contribution in [2.75, 3.05) is 0 Å². The Kier molecular flexibility index (Phi) is 3.48. The van der Waals surface area contributed by atoms with Crippen LogP contribution in [0.5, 0.6) is 0 Å². The molecule has 1 saturated carbocycles. The molecule has 0 amide bonds. The molecule has 0 bridgehead atoms. The Bertz CT molecular complexity index is 384. The van der Waals surface area contributed by atoms with Gasteiger partial charge in [-0.1, -0.05) is 49.0 Å². The summed E-state index contributed by atoms with van der Waals surface area (Å²) in [6.45, 7) is 2.13. The van der Waals surface area contributed by atoms with E-state index in [0.717, 1.165) is 18.4 Å². The van der Waals surface area contributed by atoms with Gasteiger partial charge in [0.2, 0.25) is 0 Å². The summed E-state index contributed by atoms with van der Waals surface area (Å²) in [5.41, 5.74) is 0.771. The number of benzene rings is 1. The minimum Gasteiger partial charge on any atom is -0.388 e. The second-order valence-corrected chi connectivity index (χ2v) is 5.77. The molecule has 0 aromatic heterocycles. The van der Waals surface area contributed by atoms with Crippen LogP contribution in [-0.2, 0) is 0 Å².